The number of nitrogens with zero attached hydrogens (tertiary/aromatic N) is 2. The van der Waals surface area contributed by atoms with Crippen molar-refractivity contribution in [2.24, 2.45) is 0 Å². The zero-order valence-electron chi connectivity index (χ0n) is 10.0. The molecule has 3 rings (SSSR count). The van der Waals surface area contributed by atoms with Crippen LogP contribution < -0.4 is 5.32 Å². The molecule has 0 saturated heterocycles. The number of nitrogens with one attached hydrogen (secondary N) is 1. The van der Waals surface area contributed by atoms with Gasteiger partial charge in [-0.2, -0.15) is 0 Å². The first-order valence-electron chi connectivity index (χ1n) is 5.94. The molecular weight excluding hydrogens is 246 g/mol. The van der Waals surface area contributed by atoms with Crippen molar-refractivity contribution in [1.29, 1.82) is 0 Å². The van der Waals surface area contributed by atoms with Gasteiger partial charge in [-0.25, -0.2) is 9.97 Å². The van der Waals surface area contributed by atoms with E-state index in [0.717, 1.165) is 10.7 Å². The Morgan fingerprint density at radius 3 is 2.94 bits per heavy atom. The van der Waals surface area contributed by atoms with Crippen molar-refractivity contribution >= 4 is 23.1 Å². The number of rotatable bonds is 3. The van der Waals surface area contributed by atoms with Gasteiger partial charge in [0.15, 0.2) is 0 Å². The smallest absolute Gasteiger partial charge is 0.268 e. The molecule has 0 radical (unpaired) electrons. The average Bonchev–Trinajstić information content (AvgIpc) is 3.14. The molecule has 0 atom stereocenters. The summed E-state index contributed by atoms with van der Waals surface area (Å²) in [5.41, 5.74) is 0.815. The Morgan fingerprint density at radius 2 is 2.28 bits per heavy atom. The zero-order valence-corrected chi connectivity index (χ0v) is 10.8. The van der Waals surface area contributed by atoms with Gasteiger partial charge in [0.05, 0.1) is 10.7 Å². The lowest BCUT2D eigenvalue weighted by molar-refractivity contribution is 0.102. The quantitative estimate of drug-likeness (QED) is 0.922. The van der Waals surface area contributed by atoms with E-state index in [1.54, 1.807) is 12.3 Å². The monoisotopic (exact) mass is 259 g/mol. The van der Waals surface area contributed by atoms with Crippen LogP contribution in [0.3, 0.4) is 0 Å². The van der Waals surface area contributed by atoms with Gasteiger partial charge in [0.25, 0.3) is 5.91 Å². The topological polar surface area (TPSA) is 54.9 Å². The number of amides is 1. The molecule has 4 nitrogen and oxygen atoms in total. The highest BCUT2D eigenvalue weighted by molar-refractivity contribution is 7.14. The van der Waals surface area contributed by atoms with Crippen LogP contribution >= 0.6 is 11.3 Å². The third-order valence-electron chi connectivity index (χ3n) is 2.85. The van der Waals surface area contributed by atoms with E-state index >= 15 is 0 Å². The number of hydrogen-bond acceptors (Lipinski definition) is 4. The number of carbonyl (C=O) groups excluding carboxylic acids is 1. The molecule has 0 aromatic carbocycles. The Balaban J connectivity index is 1.79. The largest absolute Gasteiger partial charge is 0.306 e. The molecule has 0 unspecified atom stereocenters. The van der Waals surface area contributed by atoms with Crippen molar-refractivity contribution in [3.05, 3.63) is 40.0 Å². The molecule has 1 amide bonds. The summed E-state index contributed by atoms with van der Waals surface area (Å²) in [5, 5.41) is 3.89. The molecule has 18 heavy (non-hydrogen) atoms. The maximum Gasteiger partial charge on any atom is 0.268 e. The van der Waals surface area contributed by atoms with Gasteiger partial charge in [-0.05, 0) is 31.9 Å². The maximum atomic E-state index is 12.1. The SMILES string of the molecule is Cc1nc(C2CC2)sc1C(=O)Nc1ccccn1. The summed E-state index contributed by atoms with van der Waals surface area (Å²) in [6.07, 6.45) is 4.06. The lowest BCUT2D eigenvalue weighted by Crippen LogP contribution is -2.12. The summed E-state index contributed by atoms with van der Waals surface area (Å²) < 4.78 is 0. The Hall–Kier alpha value is -1.75. The van der Waals surface area contributed by atoms with E-state index in [1.165, 1.54) is 24.2 Å². The van der Waals surface area contributed by atoms with Crippen LogP contribution in [0.4, 0.5) is 5.82 Å². The van der Waals surface area contributed by atoms with Crippen molar-refractivity contribution in [1.82, 2.24) is 9.97 Å². The van der Waals surface area contributed by atoms with Gasteiger partial charge in [0.1, 0.15) is 10.7 Å². The maximum absolute atomic E-state index is 12.1. The molecule has 2 aromatic heterocycles. The molecule has 1 N–H and O–H groups in total. The minimum Gasteiger partial charge on any atom is -0.306 e. The van der Waals surface area contributed by atoms with Gasteiger partial charge in [-0.1, -0.05) is 6.07 Å². The molecule has 1 fully saturated rings. The number of thiazole rings is 1. The summed E-state index contributed by atoms with van der Waals surface area (Å²) in [5.74, 6) is 1.05. The molecule has 0 aliphatic heterocycles. The number of aryl methyl sites for hydroxylation is 1. The molecule has 1 aliphatic rings. The minimum absolute atomic E-state index is 0.115. The highest BCUT2D eigenvalue weighted by Gasteiger charge is 2.28. The molecule has 1 aliphatic carbocycles. The molecule has 0 spiro atoms. The third kappa shape index (κ3) is 2.26. The van der Waals surface area contributed by atoms with Crippen LogP contribution in [0.2, 0.25) is 0 Å². The van der Waals surface area contributed by atoms with E-state index in [1.807, 2.05) is 19.1 Å². The summed E-state index contributed by atoms with van der Waals surface area (Å²) in [4.78, 5) is 21.4. The van der Waals surface area contributed by atoms with Crippen LogP contribution in [0.25, 0.3) is 0 Å². The van der Waals surface area contributed by atoms with E-state index in [9.17, 15) is 4.79 Å². The molecule has 5 heteroatoms. The van der Waals surface area contributed by atoms with Gasteiger partial charge in [0, 0.05) is 12.1 Å². The molecule has 2 heterocycles. The third-order valence-corrected chi connectivity index (χ3v) is 4.17. The summed E-state index contributed by atoms with van der Waals surface area (Å²) in [6.45, 7) is 1.88. The number of carbonyl (C=O) groups is 1. The fourth-order valence-electron chi connectivity index (χ4n) is 1.74. The van der Waals surface area contributed by atoms with Crippen LogP contribution in [0.5, 0.6) is 0 Å². The Kier molecular flexibility index (Phi) is 2.83. The lowest BCUT2D eigenvalue weighted by atomic mass is 10.3. The summed E-state index contributed by atoms with van der Waals surface area (Å²) >= 11 is 1.51. The average molecular weight is 259 g/mol. The second-order valence-corrected chi connectivity index (χ2v) is 5.44. The van der Waals surface area contributed by atoms with Crippen molar-refractivity contribution in [3.63, 3.8) is 0 Å². The van der Waals surface area contributed by atoms with E-state index in [2.05, 4.69) is 15.3 Å². The first-order valence-corrected chi connectivity index (χ1v) is 6.75. The fraction of sp³-hybridized carbons (Fsp3) is 0.308. The van der Waals surface area contributed by atoms with Crippen molar-refractivity contribution in [2.75, 3.05) is 5.32 Å². The number of hydrogen-bond donors (Lipinski definition) is 1. The van der Waals surface area contributed by atoms with Crippen molar-refractivity contribution in [3.8, 4) is 0 Å². The number of anilines is 1. The van der Waals surface area contributed by atoms with Crippen LogP contribution in [0.1, 0.15) is 39.1 Å². The fourth-order valence-corrected chi connectivity index (χ4v) is 2.87. The van der Waals surface area contributed by atoms with Crippen LogP contribution in [-0.4, -0.2) is 15.9 Å². The molecule has 0 bridgehead atoms. The molecule has 92 valence electrons. The predicted molar refractivity (Wildman–Crippen MR) is 71.0 cm³/mol. The standard InChI is InChI=1S/C13H13N3OS/c1-8-11(18-13(15-8)9-5-6-9)12(17)16-10-4-2-3-7-14-10/h2-4,7,9H,5-6H2,1H3,(H,14,16,17). The molecule has 1 saturated carbocycles. The first-order chi connectivity index (χ1) is 8.74. The van der Waals surface area contributed by atoms with Gasteiger partial charge >= 0.3 is 0 Å². The Labute approximate surface area is 109 Å². The van der Waals surface area contributed by atoms with Crippen LogP contribution in [-0.2, 0) is 0 Å². The van der Waals surface area contributed by atoms with Crippen molar-refractivity contribution < 1.29 is 4.79 Å². The van der Waals surface area contributed by atoms with Crippen LogP contribution in [0.15, 0.2) is 24.4 Å². The number of pyridine rings is 1. The van der Waals surface area contributed by atoms with E-state index in [0.29, 0.717) is 16.6 Å². The van der Waals surface area contributed by atoms with Gasteiger partial charge in [-0.15, -0.1) is 11.3 Å². The normalized spacial score (nSPS) is 14.5. The predicted octanol–water partition coefficient (Wildman–Crippen LogP) is 2.98. The lowest BCUT2D eigenvalue weighted by Gasteiger charge is -2.01. The number of aromatic nitrogens is 2. The van der Waals surface area contributed by atoms with Gasteiger partial charge in [-0.3, -0.25) is 4.79 Å². The first kappa shape index (κ1) is 11.3. The Bertz CT molecular complexity index is 575. The second kappa shape index (κ2) is 4.49. The summed E-state index contributed by atoms with van der Waals surface area (Å²) in [6, 6.07) is 5.44. The summed E-state index contributed by atoms with van der Waals surface area (Å²) in [7, 11) is 0. The van der Waals surface area contributed by atoms with Gasteiger partial charge < -0.3 is 5.32 Å². The van der Waals surface area contributed by atoms with Crippen molar-refractivity contribution in [2.45, 2.75) is 25.7 Å². The molecular formula is C13H13N3OS. The minimum atomic E-state index is -0.115. The van der Waals surface area contributed by atoms with Crippen LogP contribution in [0, 0.1) is 6.92 Å². The van der Waals surface area contributed by atoms with E-state index < -0.39 is 0 Å². The second-order valence-electron chi connectivity index (χ2n) is 4.41. The highest BCUT2D eigenvalue weighted by Crippen LogP contribution is 2.42. The zero-order chi connectivity index (χ0) is 12.5. The Morgan fingerprint density at radius 1 is 1.44 bits per heavy atom. The van der Waals surface area contributed by atoms with E-state index in [4.69, 9.17) is 0 Å². The van der Waals surface area contributed by atoms with Gasteiger partial charge in [0.2, 0.25) is 0 Å². The molecule has 2 aromatic rings. The highest BCUT2D eigenvalue weighted by atomic mass is 32.1. The van der Waals surface area contributed by atoms with E-state index in [-0.39, 0.29) is 5.91 Å².